The summed E-state index contributed by atoms with van der Waals surface area (Å²) in [6.07, 6.45) is 7.58. The summed E-state index contributed by atoms with van der Waals surface area (Å²) in [5.74, 6) is 0.728. The van der Waals surface area contributed by atoms with Crippen molar-refractivity contribution in [3.05, 3.63) is 23.9 Å². The second-order valence-corrected chi connectivity index (χ2v) is 4.04. The molecule has 0 radical (unpaired) electrons. The van der Waals surface area contributed by atoms with E-state index in [1.165, 1.54) is 5.57 Å². The second kappa shape index (κ2) is 6.76. The molecule has 0 aromatic rings. The summed E-state index contributed by atoms with van der Waals surface area (Å²) in [6.45, 7) is 9.93. The first-order chi connectivity index (χ1) is 6.06. The third-order valence-electron chi connectivity index (χ3n) is 1.93. The second-order valence-electron chi connectivity index (χ2n) is 4.04. The largest absolute Gasteiger partial charge is 0.380 e. The van der Waals surface area contributed by atoms with Gasteiger partial charge in [-0.1, -0.05) is 32.4 Å². The molecule has 0 rings (SSSR count). The van der Waals surface area contributed by atoms with Crippen LogP contribution in [0, 0.1) is 5.92 Å². The molecule has 0 saturated carbocycles. The van der Waals surface area contributed by atoms with Gasteiger partial charge in [0.15, 0.2) is 0 Å². The number of nitrogens with zero attached hydrogens (tertiary/aromatic N) is 1. The van der Waals surface area contributed by atoms with E-state index in [0.717, 1.165) is 18.9 Å². The lowest BCUT2D eigenvalue weighted by Crippen LogP contribution is -2.16. The van der Waals surface area contributed by atoms with Crippen LogP contribution in [-0.4, -0.2) is 18.5 Å². The van der Waals surface area contributed by atoms with Crippen LogP contribution in [0.3, 0.4) is 0 Å². The molecule has 76 valence electrons. The fourth-order valence-electron chi connectivity index (χ4n) is 1.11. The van der Waals surface area contributed by atoms with E-state index in [2.05, 4.69) is 58.0 Å². The smallest absolute Gasteiger partial charge is 0.0192 e. The van der Waals surface area contributed by atoms with E-state index in [1.807, 2.05) is 0 Å². The number of rotatable bonds is 5. The van der Waals surface area contributed by atoms with Crippen molar-refractivity contribution in [2.45, 2.75) is 34.1 Å². The molecule has 0 amide bonds. The van der Waals surface area contributed by atoms with E-state index in [4.69, 9.17) is 0 Å². The van der Waals surface area contributed by atoms with Crippen LogP contribution in [0.5, 0.6) is 0 Å². The maximum atomic E-state index is 2.23. The standard InChI is InChI=1S/C12H23N/c1-6-12(4)8-7-9-13(5)10-11(2)3/h7-9,11H,6,10H2,1-5H3/b9-7-,12-8+. The number of hydrogen-bond acceptors (Lipinski definition) is 1. The Balaban J connectivity index is 3.83. The molecule has 0 bridgehead atoms. The van der Waals surface area contributed by atoms with Crippen molar-refractivity contribution in [2.75, 3.05) is 13.6 Å². The Hall–Kier alpha value is -0.720. The van der Waals surface area contributed by atoms with Crippen molar-refractivity contribution in [1.82, 2.24) is 4.90 Å². The highest BCUT2D eigenvalue weighted by Gasteiger charge is 1.94. The molecule has 13 heavy (non-hydrogen) atoms. The first-order valence-electron chi connectivity index (χ1n) is 5.10. The van der Waals surface area contributed by atoms with Gasteiger partial charge in [0, 0.05) is 13.6 Å². The van der Waals surface area contributed by atoms with E-state index >= 15 is 0 Å². The Morgan fingerprint density at radius 3 is 2.46 bits per heavy atom. The highest BCUT2D eigenvalue weighted by atomic mass is 15.1. The van der Waals surface area contributed by atoms with Crippen molar-refractivity contribution >= 4 is 0 Å². The van der Waals surface area contributed by atoms with Crippen molar-refractivity contribution in [1.29, 1.82) is 0 Å². The summed E-state index contributed by atoms with van der Waals surface area (Å²) >= 11 is 0. The molecule has 0 saturated heterocycles. The van der Waals surface area contributed by atoms with Gasteiger partial charge in [-0.05, 0) is 31.5 Å². The van der Waals surface area contributed by atoms with Gasteiger partial charge < -0.3 is 4.90 Å². The maximum Gasteiger partial charge on any atom is 0.0192 e. The van der Waals surface area contributed by atoms with Gasteiger partial charge >= 0.3 is 0 Å². The Morgan fingerprint density at radius 1 is 1.38 bits per heavy atom. The Kier molecular flexibility index (Phi) is 6.38. The number of allylic oxidation sites excluding steroid dienone is 3. The van der Waals surface area contributed by atoms with Crippen molar-refractivity contribution in [3.8, 4) is 0 Å². The molecule has 0 heterocycles. The van der Waals surface area contributed by atoms with Crippen molar-refractivity contribution in [2.24, 2.45) is 5.92 Å². The van der Waals surface area contributed by atoms with Crippen molar-refractivity contribution < 1.29 is 0 Å². The summed E-state index contributed by atoms with van der Waals surface area (Å²) in [5, 5.41) is 0. The maximum absolute atomic E-state index is 2.23. The fourth-order valence-corrected chi connectivity index (χ4v) is 1.11. The first-order valence-corrected chi connectivity index (χ1v) is 5.10. The summed E-state index contributed by atoms with van der Waals surface area (Å²) in [5.41, 5.74) is 1.43. The van der Waals surface area contributed by atoms with Gasteiger partial charge in [0.2, 0.25) is 0 Å². The monoisotopic (exact) mass is 181 g/mol. The van der Waals surface area contributed by atoms with E-state index < -0.39 is 0 Å². The van der Waals surface area contributed by atoms with Crippen LogP contribution < -0.4 is 0 Å². The van der Waals surface area contributed by atoms with Gasteiger partial charge in [0.25, 0.3) is 0 Å². The van der Waals surface area contributed by atoms with Gasteiger partial charge in [-0.15, -0.1) is 0 Å². The Morgan fingerprint density at radius 2 is 2.00 bits per heavy atom. The zero-order valence-electron chi connectivity index (χ0n) is 9.67. The van der Waals surface area contributed by atoms with Crippen LogP contribution in [-0.2, 0) is 0 Å². The Labute approximate surface area is 83.1 Å². The third kappa shape index (κ3) is 7.63. The molecule has 0 aromatic carbocycles. The minimum atomic E-state index is 0.728. The summed E-state index contributed by atoms with van der Waals surface area (Å²) < 4.78 is 0. The average molecular weight is 181 g/mol. The van der Waals surface area contributed by atoms with Crippen LogP contribution in [0.2, 0.25) is 0 Å². The molecule has 0 spiro atoms. The lowest BCUT2D eigenvalue weighted by Gasteiger charge is -2.15. The summed E-state index contributed by atoms with van der Waals surface area (Å²) in [6, 6.07) is 0. The van der Waals surface area contributed by atoms with E-state index in [1.54, 1.807) is 0 Å². The normalized spacial score (nSPS) is 12.9. The zero-order valence-corrected chi connectivity index (χ0v) is 9.67. The summed E-state index contributed by atoms with van der Waals surface area (Å²) in [7, 11) is 2.12. The zero-order chi connectivity index (χ0) is 10.3. The lowest BCUT2D eigenvalue weighted by atomic mass is 10.2. The minimum absolute atomic E-state index is 0.728. The Bertz CT molecular complexity index is 178. The number of hydrogen-bond donors (Lipinski definition) is 0. The van der Waals surface area contributed by atoms with Gasteiger partial charge in [-0.2, -0.15) is 0 Å². The quantitative estimate of drug-likeness (QED) is 0.587. The molecule has 0 unspecified atom stereocenters. The van der Waals surface area contributed by atoms with E-state index in [0.29, 0.717) is 0 Å². The minimum Gasteiger partial charge on any atom is -0.380 e. The molecule has 0 aliphatic rings. The van der Waals surface area contributed by atoms with Crippen molar-refractivity contribution in [3.63, 3.8) is 0 Å². The predicted molar refractivity (Wildman–Crippen MR) is 60.7 cm³/mol. The molecule has 0 N–H and O–H groups in total. The van der Waals surface area contributed by atoms with E-state index in [-0.39, 0.29) is 0 Å². The van der Waals surface area contributed by atoms with Crippen LogP contribution in [0.15, 0.2) is 23.9 Å². The third-order valence-corrected chi connectivity index (χ3v) is 1.93. The molecule has 1 heteroatoms. The van der Waals surface area contributed by atoms with Gasteiger partial charge in [0.05, 0.1) is 0 Å². The van der Waals surface area contributed by atoms with Gasteiger partial charge in [0.1, 0.15) is 0 Å². The molecule has 1 nitrogen and oxygen atoms in total. The van der Waals surface area contributed by atoms with Crippen LogP contribution >= 0.6 is 0 Å². The first kappa shape index (κ1) is 12.3. The molecular weight excluding hydrogens is 158 g/mol. The SMILES string of the molecule is CC/C(C)=C/C=C\N(C)CC(C)C. The summed E-state index contributed by atoms with van der Waals surface area (Å²) in [4.78, 5) is 2.23. The van der Waals surface area contributed by atoms with Crippen LogP contribution in [0.1, 0.15) is 34.1 Å². The van der Waals surface area contributed by atoms with Gasteiger partial charge in [-0.25, -0.2) is 0 Å². The highest BCUT2D eigenvalue weighted by molar-refractivity contribution is 5.09. The predicted octanol–water partition coefficient (Wildman–Crippen LogP) is 3.44. The highest BCUT2D eigenvalue weighted by Crippen LogP contribution is 1.99. The van der Waals surface area contributed by atoms with E-state index in [9.17, 15) is 0 Å². The van der Waals surface area contributed by atoms with Crippen LogP contribution in [0.25, 0.3) is 0 Å². The molecule has 0 aliphatic heterocycles. The molecule has 0 aromatic heterocycles. The molecule has 0 aliphatic carbocycles. The molecular formula is C12H23N. The van der Waals surface area contributed by atoms with Crippen LogP contribution in [0.4, 0.5) is 0 Å². The molecule has 0 atom stereocenters. The molecule has 0 fully saturated rings. The lowest BCUT2D eigenvalue weighted by molar-refractivity contribution is 0.390. The van der Waals surface area contributed by atoms with Gasteiger partial charge in [-0.3, -0.25) is 0 Å². The topological polar surface area (TPSA) is 3.24 Å². The fraction of sp³-hybridized carbons (Fsp3) is 0.667. The average Bonchev–Trinajstić information content (AvgIpc) is 2.02.